The normalized spacial score (nSPS) is 11.9. The summed E-state index contributed by atoms with van der Waals surface area (Å²) in [7, 11) is 0. The fourth-order valence-electron chi connectivity index (χ4n) is 2.86. The van der Waals surface area contributed by atoms with E-state index in [0.29, 0.717) is 5.92 Å². The molecule has 2 aromatic carbocycles. The van der Waals surface area contributed by atoms with Crippen molar-refractivity contribution in [3.63, 3.8) is 0 Å². The van der Waals surface area contributed by atoms with E-state index in [1.54, 1.807) is 0 Å². The van der Waals surface area contributed by atoms with E-state index in [0.717, 1.165) is 11.3 Å². The van der Waals surface area contributed by atoms with E-state index < -0.39 is 0 Å². The molecule has 0 aliphatic rings. The maximum absolute atomic E-state index is 4.29. The number of allylic oxidation sites excluding steroid dienone is 2. The Morgan fingerprint density at radius 2 is 1.67 bits per heavy atom. The summed E-state index contributed by atoms with van der Waals surface area (Å²) in [4.78, 5) is 0. The quantitative estimate of drug-likeness (QED) is 0.593. The maximum atomic E-state index is 4.29. The first kappa shape index (κ1) is 18.1. The summed E-state index contributed by atoms with van der Waals surface area (Å²) in [6, 6.07) is 17.1. The number of anilines is 1. The van der Waals surface area contributed by atoms with Crippen LogP contribution in [0.25, 0.3) is 0 Å². The number of hydrogen-bond donors (Lipinski definition) is 1. The topological polar surface area (TPSA) is 12.0 Å². The third-order valence-corrected chi connectivity index (χ3v) is 4.73. The Morgan fingerprint density at radius 3 is 2.25 bits per heavy atom. The standard InChI is InChI=1S/C23H29N/c1-17(2)20-11-13-21(14-12-20)24-16-15-19(4)23(5,6)22-10-8-7-9-18(22)3/h7-17,24H,4H2,1-3,5-6H3. The lowest BCUT2D eigenvalue weighted by atomic mass is 9.76. The van der Waals surface area contributed by atoms with E-state index in [4.69, 9.17) is 0 Å². The molecule has 0 bridgehead atoms. The van der Waals surface area contributed by atoms with E-state index in [-0.39, 0.29) is 5.41 Å². The number of rotatable bonds is 6. The van der Waals surface area contributed by atoms with Crippen LogP contribution in [0.15, 0.2) is 73.0 Å². The average molecular weight is 319 g/mol. The SMILES string of the molecule is C=C(C=CNc1ccc(C(C)C)cc1)C(C)(C)c1ccccc1C. The Bertz CT molecular complexity index is 718. The predicted octanol–water partition coefficient (Wildman–Crippen LogP) is 6.58. The van der Waals surface area contributed by atoms with Gasteiger partial charge in [-0.3, -0.25) is 0 Å². The molecular formula is C23H29N. The highest BCUT2D eigenvalue weighted by atomic mass is 14.8. The van der Waals surface area contributed by atoms with Gasteiger partial charge in [-0.1, -0.05) is 70.7 Å². The molecule has 0 fully saturated rings. The molecule has 0 spiro atoms. The Balaban J connectivity index is 2.06. The van der Waals surface area contributed by atoms with Gasteiger partial charge >= 0.3 is 0 Å². The molecule has 0 aliphatic carbocycles. The second kappa shape index (κ2) is 7.53. The van der Waals surface area contributed by atoms with Crippen LogP contribution in [0.2, 0.25) is 0 Å². The van der Waals surface area contributed by atoms with Crippen LogP contribution in [0.5, 0.6) is 0 Å². The zero-order valence-corrected chi connectivity index (χ0v) is 15.6. The van der Waals surface area contributed by atoms with E-state index in [9.17, 15) is 0 Å². The first-order valence-electron chi connectivity index (χ1n) is 8.61. The van der Waals surface area contributed by atoms with Crippen molar-refractivity contribution in [2.24, 2.45) is 0 Å². The summed E-state index contributed by atoms with van der Waals surface area (Å²) in [5.74, 6) is 0.560. The van der Waals surface area contributed by atoms with Crippen molar-refractivity contribution in [2.45, 2.75) is 46.0 Å². The minimum absolute atomic E-state index is 0.0922. The smallest absolute Gasteiger partial charge is 0.0379 e. The van der Waals surface area contributed by atoms with Crippen molar-refractivity contribution < 1.29 is 0 Å². The molecule has 126 valence electrons. The highest BCUT2D eigenvalue weighted by Gasteiger charge is 2.23. The van der Waals surface area contributed by atoms with Crippen molar-refractivity contribution in [2.75, 3.05) is 5.32 Å². The van der Waals surface area contributed by atoms with E-state index in [2.05, 4.69) is 101 Å². The van der Waals surface area contributed by atoms with Crippen LogP contribution < -0.4 is 5.32 Å². The number of hydrogen-bond acceptors (Lipinski definition) is 1. The zero-order chi connectivity index (χ0) is 17.7. The summed E-state index contributed by atoms with van der Waals surface area (Å²) in [6.45, 7) is 15.3. The molecule has 0 heterocycles. The summed E-state index contributed by atoms with van der Waals surface area (Å²) in [5.41, 5.74) is 6.07. The summed E-state index contributed by atoms with van der Waals surface area (Å²) in [6.07, 6.45) is 4.05. The van der Waals surface area contributed by atoms with Crippen molar-refractivity contribution >= 4 is 5.69 Å². The van der Waals surface area contributed by atoms with Crippen molar-refractivity contribution in [1.82, 2.24) is 0 Å². The largest absolute Gasteiger partial charge is 0.362 e. The third-order valence-electron chi connectivity index (χ3n) is 4.73. The molecule has 24 heavy (non-hydrogen) atoms. The van der Waals surface area contributed by atoms with Gasteiger partial charge in [0, 0.05) is 17.3 Å². The zero-order valence-electron chi connectivity index (χ0n) is 15.6. The first-order chi connectivity index (χ1) is 11.3. The lowest BCUT2D eigenvalue weighted by Gasteiger charge is -2.28. The molecule has 1 nitrogen and oxygen atoms in total. The molecular weight excluding hydrogens is 290 g/mol. The van der Waals surface area contributed by atoms with E-state index in [1.807, 2.05) is 6.20 Å². The van der Waals surface area contributed by atoms with Crippen molar-refractivity contribution in [3.8, 4) is 0 Å². The van der Waals surface area contributed by atoms with Gasteiger partial charge in [-0.2, -0.15) is 0 Å². The molecule has 0 unspecified atom stereocenters. The van der Waals surface area contributed by atoms with Gasteiger partial charge < -0.3 is 5.32 Å². The molecule has 1 heteroatoms. The van der Waals surface area contributed by atoms with Crippen molar-refractivity contribution in [3.05, 3.63) is 89.6 Å². The number of aryl methyl sites for hydroxylation is 1. The molecule has 0 saturated carbocycles. The molecule has 0 atom stereocenters. The maximum Gasteiger partial charge on any atom is 0.0379 e. The molecule has 0 amide bonds. The fourth-order valence-corrected chi connectivity index (χ4v) is 2.86. The monoisotopic (exact) mass is 319 g/mol. The van der Waals surface area contributed by atoms with Crippen LogP contribution in [0, 0.1) is 6.92 Å². The Morgan fingerprint density at radius 1 is 1.04 bits per heavy atom. The van der Waals surface area contributed by atoms with Crippen LogP contribution in [0.3, 0.4) is 0 Å². The van der Waals surface area contributed by atoms with Gasteiger partial charge in [-0.15, -0.1) is 0 Å². The summed E-state index contributed by atoms with van der Waals surface area (Å²) in [5, 5.41) is 3.34. The summed E-state index contributed by atoms with van der Waals surface area (Å²) < 4.78 is 0. The van der Waals surface area contributed by atoms with Gasteiger partial charge in [0.15, 0.2) is 0 Å². The van der Waals surface area contributed by atoms with Crippen LogP contribution in [-0.4, -0.2) is 0 Å². The third kappa shape index (κ3) is 4.17. The van der Waals surface area contributed by atoms with Gasteiger partial charge in [-0.05, 0) is 53.3 Å². The molecule has 0 saturated heterocycles. The van der Waals surface area contributed by atoms with Gasteiger partial charge in [0.25, 0.3) is 0 Å². The minimum Gasteiger partial charge on any atom is -0.362 e. The van der Waals surface area contributed by atoms with Crippen LogP contribution >= 0.6 is 0 Å². The second-order valence-corrected chi connectivity index (χ2v) is 7.22. The molecule has 0 aliphatic heterocycles. The number of nitrogens with one attached hydrogen (secondary N) is 1. The molecule has 2 aromatic rings. The molecule has 0 aromatic heterocycles. The summed E-state index contributed by atoms with van der Waals surface area (Å²) >= 11 is 0. The Hall–Kier alpha value is -2.28. The molecule has 0 radical (unpaired) electrons. The van der Waals surface area contributed by atoms with E-state index >= 15 is 0 Å². The minimum atomic E-state index is -0.0922. The van der Waals surface area contributed by atoms with Gasteiger partial charge in [0.05, 0.1) is 0 Å². The highest BCUT2D eigenvalue weighted by molar-refractivity contribution is 5.49. The lowest BCUT2D eigenvalue weighted by molar-refractivity contribution is 0.637. The Kier molecular flexibility index (Phi) is 5.66. The van der Waals surface area contributed by atoms with Crippen LogP contribution in [0.1, 0.15) is 50.3 Å². The van der Waals surface area contributed by atoms with Gasteiger partial charge in [0.1, 0.15) is 0 Å². The van der Waals surface area contributed by atoms with Gasteiger partial charge in [-0.25, -0.2) is 0 Å². The fraction of sp³-hybridized carbons (Fsp3) is 0.304. The molecule has 1 N–H and O–H groups in total. The lowest BCUT2D eigenvalue weighted by Crippen LogP contribution is -2.20. The van der Waals surface area contributed by atoms with E-state index in [1.165, 1.54) is 16.7 Å². The van der Waals surface area contributed by atoms with Crippen molar-refractivity contribution in [1.29, 1.82) is 0 Å². The number of benzene rings is 2. The van der Waals surface area contributed by atoms with Crippen LogP contribution in [0.4, 0.5) is 5.69 Å². The Labute approximate surface area is 147 Å². The predicted molar refractivity (Wildman–Crippen MR) is 107 cm³/mol. The second-order valence-electron chi connectivity index (χ2n) is 7.22. The van der Waals surface area contributed by atoms with Crippen LogP contribution in [-0.2, 0) is 5.41 Å². The van der Waals surface area contributed by atoms with Gasteiger partial charge in [0.2, 0.25) is 0 Å². The molecule has 2 rings (SSSR count). The highest BCUT2D eigenvalue weighted by Crippen LogP contribution is 2.33. The average Bonchev–Trinajstić information content (AvgIpc) is 2.55. The first-order valence-corrected chi connectivity index (χ1v) is 8.61.